The standard InChI is InChI=1S/C16H28N4O3/c1-10(12-19-13(20-23-12)15(2,3)4)17-14(22)18-11-7-6-8-16(11,5)9-21/h10-11,21H,6-9H2,1-5H3,(H2,17,18,22). The minimum atomic E-state index is -0.375. The second-order valence-electron chi connectivity index (χ2n) is 7.80. The summed E-state index contributed by atoms with van der Waals surface area (Å²) in [6.45, 7) is 9.89. The van der Waals surface area contributed by atoms with Crippen LogP contribution < -0.4 is 10.6 Å². The summed E-state index contributed by atoms with van der Waals surface area (Å²) in [6, 6.07) is -0.674. The molecule has 1 fully saturated rings. The molecule has 0 aromatic carbocycles. The van der Waals surface area contributed by atoms with E-state index in [0.717, 1.165) is 19.3 Å². The molecule has 0 bridgehead atoms. The zero-order valence-corrected chi connectivity index (χ0v) is 14.6. The third-order valence-electron chi connectivity index (χ3n) is 4.58. The lowest BCUT2D eigenvalue weighted by molar-refractivity contribution is 0.120. The predicted octanol–water partition coefficient (Wildman–Crippen LogP) is 2.28. The summed E-state index contributed by atoms with van der Waals surface area (Å²) in [4.78, 5) is 16.5. The zero-order chi connectivity index (χ0) is 17.3. The highest BCUT2D eigenvalue weighted by Crippen LogP contribution is 2.37. The maximum absolute atomic E-state index is 12.2. The molecule has 1 aliphatic carbocycles. The van der Waals surface area contributed by atoms with Crippen LogP contribution in [0.15, 0.2) is 4.52 Å². The van der Waals surface area contributed by atoms with Crippen molar-refractivity contribution in [2.24, 2.45) is 5.41 Å². The van der Waals surface area contributed by atoms with Crippen LogP contribution in [0.2, 0.25) is 0 Å². The van der Waals surface area contributed by atoms with E-state index in [0.29, 0.717) is 11.7 Å². The molecule has 7 nitrogen and oxygen atoms in total. The van der Waals surface area contributed by atoms with Gasteiger partial charge in [0.15, 0.2) is 5.82 Å². The Bertz CT molecular complexity index is 552. The van der Waals surface area contributed by atoms with Gasteiger partial charge in [-0.2, -0.15) is 4.98 Å². The number of aromatic nitrogens is 2. The molecule has 7 heteroatoms. The van der Waals surface area contributed by atoms with Crippen LogP contribution >= 0.6 is 0 Å². The van der Waals surface area contributed by atoms with Crippen molar-refractivity contribution >= 4 is 6.03 Å². The van der Waals surface area contributed by atoms with Gasteiger partial charge in [0, 0.05) is 16.9 Å². The first-order valence-electron chi connectivity index (χ1n) is 8.18. The average molecular weight is 324 g/mol. The average Bonchev–Trinajstić information content (AvgIpc) is 3.07. The molecule has 1 aromatic rings. The fraction of sp³-hybridized carbons (Fsp3) is 0.812. The van der Waals surface area contributed by atoms with Crippen LogP contribution in [0.4, 0.5) is 4.79 Å². The number of hydrogen-bond acceptors (Lipinski definition) is 5. The summed E-state index contributed by atoms with van der Waals surface area (Å²) in [7, 11) is 0. The van der Waals surface area contributed by atoms with Gasteiger partial charge in [-0.1, -0.05) is 39.3 Å². The Morgan fingerprint density at radius 3 is 2.78 bits per heavy atom. The topological polar surface area (TPSA) is 100 Å². The summed E-state index contributed by atoms with van der Waals surface area (Å²) in [5, 5.41) is 19.3. The van der Waals surface area contributed by atoms with Crippen molar-refractivity contribution in [2.75, 3.05) is 6.61 Å². The lowest BCUT2D eigenvalue weighted by atomic mass is 9.86. The van der Waals surface area contributed by atoms with Crippen LogP contribution in [0.3, 0.4) is 0 Å². The van der Waals surface area contributed by atoms with Gasteiger partial charge in [0.2, 0.25) is 5.89 Å². The normalized spacial score (nSPS) is 26.1. The molecule has 3 unspecified atom stereocenters. The van der Waals surface area contributed by atoms with Gasteiger partial charge in [-0.25, -0.2) is 4.79 Å². The fourth-order valence-electron chi connectivity index (χ4n) is 2.84. The van der Waals surface area contributed by atoms with Gasteiger partial charge in [-0.05, 0) is 19.8 Å². The van der Waals surface area contributed by atoms with E-state index < -0.39 is 0 Å². The number of aliphatic hydroxyl groups is 1. The molecular weight excluding hydrogens is 296 g/mol. The molecule has 23 heavy (non-hydrogen) atoms. The Labute approximate surface area is 137 Å². The van der Waals surface area contributed by atoms with E-state index in [1.165, 1.54) is 0 Å². The second kappa shape index (κ2) is 6.47. The van der Waals surface area contributed by atoms with Crippen molar-refractivity contribution < 1.29 is 14.4 Å². The predicted molar refractivity (Wildman–Crippen MR) is 85.9 cm³/mol. The van der Waals surface area contributed by atoms with Gasteiger partial charge in [0.05, 0.1) is 6.61 Å². The number of nitrogens with one attached hydrogen (secondary N) is 2. The number of rotatable bonds is 4. The molecule has 0 spiro atoms. The molecule has 3 atom stereocenters. The number of aliphatic hydroxyl groups excluding tert-OH is 1. The van der Waals surface area contributed by atoms with Crippen LogP contribution in [0.1, 0.15) is 71.6 Å². The summed E-state index contributed by atoms with van der Waals surface area (Å²) >= 11 is 0. The van der Waals surface area contributed by atoms with E-state index in [-0.39, 0.29) is 35.6 Å². The van der Waals surface area contributed by atoms with Crippen LogP contribution in [0, 0.1) is 5.41 Å². The molecular formula is C16H28N4O3. The van der Waals surface area contributed by atoms with Crippen molar-refractivity contribution in [3.8, 4) is 0 Å². The number of urea groups is 1. The van der Waals surface area contributed by atoms with Crippen molar-refractivity contribution in [1.29, 1.82) is 0 Å². The van der Waals surface area contributed by atoms with Gasteiger partial charge in [-0.15, -0.1) is 0 Å². The first-order valence-corrected chi connectivity index (χ1v) is 8.18. The molecule has 3 N–H and O–H groups in total. The third kappa shape index (κ3) is 4.02. The first kappa shape index (κ1) is 17.7. The summed E-state index contributed by atoms with van der Waals surface area (Å²) < 4.78 is 5.24. The maximum Gasteiger partial charge on any atom is 0.315 e. The lowest BCUT2D eigenvalue weighted by Crippen LogP contribution is -2.49. The number of carbonyl (C=O) groups excluding carboxylic acids is 1. The van der Waals surface area contributed by atoms with Crippen LogP contribution in [0.5, 0.6) is 0 Å². The van der Waals surface area contributed by atoms with Gasteiger partial charge in [-0.3, -0.25) is 0 Å². The second-order valence-corrected chi connectivity index (χ2v) is 7.80. The Hall–Kier alpha value is -1.63. The molecule has 1 aromatic heterocycles. The number of hydrogen-bond donors (Lipinski definition) is 3. The third-order valence-corrected chi connectivity index (χ3v) is 4.58. The highest BCUT2D eigenvalue weighted by molar-refractivity contribution is 5.74. The van der Waals surface area contributed by atoms with E-state index in [2.05, 4.69) is 20.8 Å². The minimum Gasteiger partial charge on any atom is -0.396 e. The number of amides is 2. The van der Waals surface area contributed by atoms with Crippen molar-refractivity contribution in [2.45, 2.75) is 71.4 Å². The van der Waals surface area contributed by atoms with Crippen LogP contribution in [0.25, 0.3) is 0 Å². The zero-order valence-electron chi connectivity index (χ0n) is 14.6. The van der Waals surface area contributed by atoms with Gasteiger partial charge in [0.1, 0.15) is 6.04 Å². The molecule has 2 rings (SSSR count). The molecule has 1 heterocycles. The van der Waals surface area contributed by atoms with Crippen LogP contribution in [-0.2, 0) is 5.41 Å². The Morgan fingerprint density at radius 2 is 2.22 bits per heavy atom. The van der Waals surface area contributed by atoms with Crippen molar-refractivity contribution in [1.82, 2.24) is 20.8 Å². The Morgan fingerprint density at radius 1 is 1.52 bits per heavy atom. The van der Waals surface area contributed by atoms with E-state index in [1.807, 2.05) is 27.7 Å². The largest absolute Gasteiger partial charge is 0.396 e. The summed E-state index contributed by atoms with van der Waals surface area (Å²) in [5.74, 6) is 1.01. The monoisotopic (exact) mass is 324 g/mol. The highest BCUT2D eigenvalue weighted by Gasteiger charge is 2.39. The van der Waals surface area contributed by atoms with Crippen molar-refractivity contribution in [3.05, 3.63) is 11.7 Å². The maximum atomic E-state index is 12.2. The van der Waals surface area contributed by atoms with Gasteiger partial charge < -0.3 is 20.3 Å². The number of carbonyl (C=O) groups is 1. The van der Waals surface area contributed by atoms with Gasteiger partial charge in [0.25, 0.3) is 0 Å². The molecule has 1 aliphatic rings. The molecule has 2 amide bonds. The molecule has 0 radical (unpaired) electrons. The van der Waals surface area contributed by atoms with Gasteiger partial charge >= 0.3 is 6.03 Å². The van der Waals surface area contributed by atoms with E-state index in [4.69, 9.17) is 4.52 Å². The Balaban J connectivity index is 1.94. The van der Waals surface area contributed by atoms with Crippen LogP contribution in [-0.4, -0.2) is 33.9 Å². The molecule has 1 saturated carbocycles. The SMILES string of the molecule is CC(NC(=O)NC1CCCC1(C)CO)c1nc(C(C)(C)C)no1. The minimum absolute atomic E-state index is 0.0208. The fourth-order valence-corrected chi connectivity index (χ4v) is 2.84. The molecule has 0 saturated heterocycles. The summed E-state index contributed by atoms with van der Waals surface area (Å²) in [6.07, 6.45) is 2.81. The first-order chi connectivity index (χ1) is 10.7. The van der Waals surface area contributed by atoms with E-state index >= 15 is 0 Å². The van der Waals surface area contributed by atoms with E-state index in [1.54, 1.807) is 6.92 Å². The Kier molecular flexibility index (Phi) is 4.98. The highest BCUT2D eigenvalue weighted by atomic mass is 16.5. The molecule has 0 aliphatic heterocycles. The quantitative estimate of drug-likeness (QED) is 0.789. The summed E-state index contributed by atoms with van der Waals surface area (Å²) in [5.41, 5.74) is -0.443. The van der Waals surface area contributed by atoms with E-state index in [9.17, 15) is 9.90 Å². The van der Waals surface area contributed by atoms with Crippen molar-refractivity contribution in [3.63, 3.8) is 0 Å². The molecule has 130 valence electrons. The number of nitrogens with zero attached hydrogens (tertiary/aromatic N) is 2. The smallest absolute Gasteiger partial charge is 0.315 e. The lowest BCUT2D eigenvalue weighted by Gasteiger charge is -2.30.